The van der Waals surface area contributed by atoms with Gasteiger partial charge in [0.15, 0.2) is 5.82 Å². The van der Waals surface area contributed by atoms with Crippen LogP contribution in [0.5, 0.6) is 11.8 Å². The Bertz CT molecular complexity index is 2530. The molecular weight excluding hydrogens is 729 g/mol. The van der Waals surface area contributed by atoms with Crippen molar-refractivity contribution >= 4 is 45.0 Å². The maximum atomic E-state index is 17.2. The van der Waals surface area contributed by atoms with E-state index in [1.165, 1.54) is 36.5 Å². The van der Waals surface area contributed by atoms with Gasteiger partial charge in [-0.05, 0) is 106 Å². The Morgan fingerprint density at radius 1 is 1.09 bits per heavy atom. The molecule has 0 radical (unpaired) electrons. The topological polar surface area (TPSA) is 124 Å². The molecule has 9 rings (SSSR count). The molecule has 2 atom stereocenters. The Morgan fingerprint density at radius 2 is 1.84 bits per heavy atom. The number of amides is 2. The number of benzene rings is 3. The predicted molar refractivity (Wildman–Crippen MR) is 213 cm³/mol. The number of ether oxygens (including phenoxy) is 1. The van der Waals surface area contributed by atoms with E-state index in [1.807, 2.05) is 17.9 Å². The minimum absolute atomic E-state index is 0.0256. The second-order valence-corrected chi connectivity index (χ2v) is 15.6. The van der Waals surface area contributed by atoms with Crippen LogP contribution < -0.4 is 15.0 Å². The molecule has 13 heteroatoms. The van der Waals surface area contributed by atoms with Crippen LogP contribution in [0, 0.1) is 30.9 Å². The number of hydrogen-bond acceptors (Lipinski definition) is 9. The summed E-state index contributed by atoms with van der Waals surface area (Å²) in [6.45, 7) is 8.60. The number of fused-ring (bicyclic) bond motifs is 5. The number of anilines is 2. The molecule has 5 aromatic rings. The molecule has 4 fully saturated rings. The second-order valence-electron chi connectivity index (χ2n) is 15.6. The number of pyridine rings is 1. The van der Waals surface area contributed by atoms with Crippen LogP contribution in [0.2, 0.25) is 0 Å². The molecular formula is C44H41F2N7O4. The summed E-state index contributed by atoms with van der Waals surface area (Å²) in [6.07, 6.45) is 14.1. The number of phenols is 1. The Hall–Kier alpha value is -6.13. The van der Waals surface area contributed by atoms with E-state index in [9.17, 15) is 14.7 Å². The van der Waals surface area contributed by atoms with Gasteiger partial charge in [-0.1, -0.05) is 24.6 Å². The van der Waals surface area contributed by atoms with Crippen molar-refractivity contribution in [2.24, 2.45) is 0 Å². The first-order valence-corrected chi connectivity index (χ1v) is 19.4. The van der Waals surface area contributed by atoms with Gasteiger partial charge in [0.05, 0.1) is 28.6 Å². The average molecular weight is 770 g/mol. The number of aryl methyl sites for hydroxylation is 1. The van der Waals surface area contributed by atoms with Crippen molar-refractivity contribution in [2.45, 2.75) is 63.1 Å². The minimum Gasteiger partial charge on any atom is -0.508 e. The first-order chi connectivity index (χ1) is 27.6. The molecule has 3 aromatic carbocycles. The van der Waals surface area contributed by atoms with Crippen LogP contribution in [-0.4, -0.2) is 92.1 Å². The number of piperazine rings is 1. The standard InChI is InChI=1S/C44H41F2N7O4/c1-4-31-35(45)13-9-26-18-30(54)20-33(37(26)31)39-38(46)40-34(21-47-39)41(50-43(49-40)57-24-44-14-6-16-52(44)17-7-15-44)51-22-28-11-12-29(23-51)53(28)42(56)32-19-27(10-8-25(32)3)48-36(55)5-2/h1,5,8-10,13,18-21,28-29,54H,2,6-7,11-12,14-17,22-24H2,3H3,(H,48,55). The van der Waals surface area contributed by atoms with E-state index < -0.39 is 11.6 Å². The fraction of sp³-hybridized carbons (Fsp3) is 0.341. The van der Waals surface area contributed by atoms with Crippen LogP contribution in [0.25, 0.3) is 32.9 Å². The van der Waals surface area contributed by atoms with Gasteiger partial charge in [0.1, 0.15) is 35.2 Å². The SMILES string of the molecule is C#Cc1c(F)ccc2cc(O)cc(-c3ncc4c(N5CC6CCC(C5)N6C(=O)c5cc(NC(=O)C=C)ccc5C)nc(OCC56CCCN5CCC6)nc4c3F)c12. The third kappa shape index (κ3) is 6.19. The number of nitrogens with zero attached hydrogens (tertiary/aromatic N) is 6. The molecule has 57 heavy (non-hydrogen) atoms. The number of halogens is 2. The number of carbonyl (C=O) groups is 2. The van der Waals surface area contributed by atoms with Gasteiger partial charge in [-0.15, -0.1) is 6.42 Å². The largest absolute Gasteiger partial charge is 0.508 e. The fourth-order valence-corrected chi connectivity index (χ4v) is 9.60. The highest BCUT2D eigenvalue weighted by molar-refractivity contribution is 6.04. The lowest BCUT2D eigenvalue weighted by atomic mass is 9.95. The van der Waals surface area contributed by atoms with Crippen molar-refractivity contribution in [3.63, 3.8) is 0 Å². The zero-order valence-corrected chi connectivity index (χ0v) is 31.5. The van der Waals surface area contributed by atoms with Gasteiger partial charge in [0.25, 0.3) is 5.91 Å². The van der Waals surface area contributed by atoms with Crippen LogP contribution in [0.3, 0.4) is 0 Å². The molecule has 0 aliphatic carbocycles. The maximum absolute atomic E-state index is 17.2. The van der Waals surface area contributed by atoms with E-state index >= 15 is 8.78 Å². The molecule has 0 saturated carbocycles. The summed E-state index contributed by atoms with van der Waals surface area (Å²) in [6, 6.07) is 10.4. The lowest BCUT2D eigenvalue weighted by Crippen LogP contribution is -2.56. The molecule has 290 valence electrons. The summed E-state index contributed by atoms with van der Waals surface area (Å²) in [4.78, 5) is 46.8. The minimum atomic E-state index is -0.794. The molecule has 2 N–H and O–H groups in total. The van der Waals surface area contributed by atoms with Crippen molar-refractivity contribution in [2.75, 3.05) is 43.0 Å². The molecule has 6 heterocycles. The fourth-order valence-electron chi connectivity index (χ4n) is 9.60. The molecule has 11 nitrogen and oxygen atoms in total. The third-order valence-corrected chi connectivity index (χ3v) is 12.3. The van der Waals surface area contributed by atoms with Crippen molar-refractivity contribution < 1.29 is 28.2 Å². The highest BCUT2D eigenvalue weighted by Gasteiger charge is 2.46. The molecule has 2 bridgehead atoms. The maximum Gasteiger partial charge on any atom is 0.319 e. The lowest BCUT2D eigenvalue weighted by molar-refractivity contribution is -0.111. The molecule has 2 aromatic heterocycles. The highest BCUT2D eigenvalue weighted by atomic mass is 19.1. The van der Waals surface area contributed by atoms with Gasteiger partial charge < -0.3 is 25.0 Å². The number of nitrogens with one attached hydrogen (secondary N) is 1. The predicted octanol–water partition coefficient (Wildman–Crippen LogP) is 6.74. The van der Waals surface area contributed by atoms with Crippen molar-refractivity contribution in [1.29, 1.82) is 0 Å². The van der Waals surface area contributed by atoms with Crippen molar-refractivity contribution in [3.8, 4) is 35.4 Å². The Balaban J connectivity index is 1.11. The zero-order chi connectivity index (χ0) is 39.6. The number of carbonyl (C=O) groups excluding carboxylic acids is 2. The van der Waals surface area contributed by atoms with Gasteiger partial charge in [-0.3, -0.25) is 19.5 Å². The number of phenolic OH excluding ortho intramolecular Hbond substituents is 1. The molecule has 4 aliphatic heterocycles. The van der Waals surface area contributed by atoms with Crippen molar-refractivity contribution in [1.82, 2.24) is 24.8 Å². The molecule has 4 saturated heterocycles. The van der Waals surface area contributed by atoms with Crippen LogP contribution >= 0.6 is 0 Å². The first kappa shape index (κ1) is 36.5. The molecule has 2 unspecified atom stereocenters. The normalized spacial score (nSPS) is 19.8. The molecule has 2 amide bonds. The lowest BCUT2D eigenvalue weighted by Gasteiger charge is -2.42. The van der Waals surface area contributed by atoms with E-state index in [4.69, 9.17) is 16.1 Å². The van der Waals surface area contributed by atoms with E-state index in [0.29, 0.717) is 47.5 Å². The average Bonchev–Trinajstić information content (AvgIpc) is 3.87. The van der Waals surface area contributed by atoms with E-state index in [0.717, 1.165) is 57.2 Å². The van der Waals surface area contributed by atoms with Gasteiger partial charge >= 0.3 is 6.01 Å². The summed E-state index contributed by atoms with van der Waals surface area (Å²) in [5.74, 6) is 0.723. The van der Waals surface area contributed by atoms with Crippen molar-refractivity contribution in [3.05, 3.63) is 89.6 Å². The molecule has 0 spiro atoms. The summed E-state index contributed by atoms with van der Waals surface area (Å²) in [5, 5.41) is 14.4. The van der Waals surface area contributed by atoms with Gasteiger partial charge in [-0.25, -0.2) is 8.78 Å². The smallest absolute Gasteiger partial charge is 0.319 e. The summed E-state index contributed by atoms with van der Waals surface area (Å²) in [7, 11) is 0. The second kappa shape index (κ2) is 14.1. The van der Waals surface area contributed by atoms with Crippen LogP contribution in [0.15, 0.2) is 61.3 Å². The number of aromatic hydroxyl groups is 1. The van der Waals surface area contributed by atoms with E-state index in [1.54, 1.807) is 12.1 Å². The number of terminal acetylenes is 1. The number of rotatable bonds is 8. The summed E-state index contributed by atoms with van der Waals surface area (Å²) in [5.41, 5.74) is 1.54. The van der Waals surface area contributed by atoms with E-state index in [2.05, 4.69) is 37.6 Å². The zero-order valence-electron chi connectivity index (χ0n) is 31.5. The van der Waals surface area contributed by atoms with Crippen LogP contribution in [-0.2, 0) is 4.79 Å². The number of aromatic nitrogens is 3. The Labute approximate surface area is 328 Å². The first-order valence-electron chi connectivity index (χ1n) is 19.4. The van der Waals surface area contributed by atoms with Gasteiger partial charge in [-0.2, -0.15) is 9.97 Å². The van der Waals surface area contributed by atoms with Crippen LogP contribution in [0.4, 0.5) is 20.3 Å². The molecule has 4 aliphatic rings. The summed E-state index contributed by atoms with van der Waals surface area (Å²) < 4.78 is 38.6. The number of hydrogen-bond donors (Lipinski definition) is 2. The Kier molecular flexibility index (Phi) is 9.04. The van der Waals surface area contributed by atoms with Gasteiger partial charge in [0.2, 0.25) is 5.91 Å². The monoisotopic (exact) mass is 769 g/mol. The third-order valence-electron chi connectivity index (χ3n) is 12.3. The summed E-state index contributed by atoms with van der Waals surface area (Å²) >= 11 is 0. The van der Waals surface area contributed by atoms with E-state index in [-0.39, 0.29) is 68.9 Å². The quantitative estimate of drug-likeness (QED) is 0.130. The van der Waals surface area contributed by atoms with Crippen LogP contribution in [0.1, 0.15) is 60.0 Å². The highest BCUT2D eigenvalue weighted by Crippen LogP contribution is 2.42. The van der Waals surface area contributed by atoms with Gasteiger partial charge in [0, 0.05) is 41.5 Å². The Morgan fingerprint density at radius 3 is 2.56 bits per heavy atom.